The van der Waals surface area contributed by atoms with Gasteiger partial charge in [0.15, 0.2) is 0 Å². The van der Waals surface area contributed by atoms with Crippen LogP contribution in [0.4, 0.5) is 26.3 Å². The Morgan fingerprint density at radius 2 is 0.875 bits per heavy atom. The van der Waals surface area contributed by atoms with Crippen molar-refractivity contribution in [1.29, 1.82) is 0 Å². The van der Waals surface area contributed by atoms with Gasteiger partial charge in [-0.05, 0) is 0 Å². The Kier molecular flexibility index (Phi) is 12.1. The SMILES string of the molecule is O=C(/C=C(\O)c1ccccc1)C(F)(F)F.O=C(/C=C(\O)c1ccccc1)C(F)(F)F.[O]=[Ti]. The maximum atomic E-state index is 11.8. The second-order valence-electron chi connectivity index (χ2n) is 5.52. The van der Waals surface area contributed by atoms with E-state index in [1.54, 1.807) is 12.1 Å². The summed E-state index contributed by atoms with van der Waals surface area (Å²) in [5.74, 6) is -5.55. The van der Waals surface area contributed by atoms with Crippen LogP contribution in [0.15, 0.2) is 72.8 Å². The van der Waals surface area contributed by atoms with Gasteiger partial charge in [-0.1, -0.05) is 60.7 Å². The third-order valence-electron chi connectivity index (χ3n) is 3.23. The molecule has 12 heteroatoms. The number of ketones is 2. The molecule has 0 unspecified atom stereocenters. The quantitative estimate of drug-likeness (QED) is 0.259. The standard InChI is InChI=1S/2C10H7F3O2.O.Ti/c2*11-10(12,13)9(15)6-8(14)7-4-2-1-3-5-7;;/h2*1-6,14H;;/b2*8-6-;;. The van der Waals surface area contributed by atoms with Crippen LogP contribution in [-0.2, 0) is 33.3 Å². The Bertz CT molecular complexity index is 861. The number of allylic oxidation sites excluding steroid dienone is 2. The van der Waals surface area contributed by atoms with Crippen molar-refractivity contribution in [3.8, 4) is 0 Å². The molecule has 32 heavy (non-hydrogen) atoms. The number of alkyl halides is 6. The fourth-order valence-corrected chi connectivity index (χ4v) is 1.80. The van der Waals surface area contributed by atoms with Crippen LogP contribution in [0, 0.1) is 0 Å². The number of benzene rings is 2. The third-order valence-corrected chi connectivity index (χ3v) is 3.23. The van der Waals surface area contributed by atoms with Crippen LogP contribution in [0.5, 0.6) is 0 Å². The van der Waals surface area contributed by atoms with Crippen molar-refractivity contribution in [3.05, 3.63) is 83.9 Å². The molecule has 2 N–H and O–H groups in total. The number of aliphatic hydroxyl groups is 2. The Labute approximate surface area is 189 Å². The first-order chi connectivity index (χ1) is 14.8. The first-order valence-electron chi connectivity index (χ1n) is 8.17. The number of hydrogen-bond donors (Lipinski definition) is 2. The van der Waals surface area contributed by atoms with Crippen molar-refractivity contribution in [2.45, 2.75) is 12.4 Å². The second kappa shape index (κ2) is 13.4. The maximum absolute atomic E-state index is 11.8. The van der Waals surface area contributed by atoms with Crippen LogP contribution < -0.4 is 0 Å². The van der Waals surface area contributed by atoms with Gasteiger partial charge in [0.2, 0.25) is 0 Å². The summed E-state index contributed by atoms with van der Waals surface area (Å²) in [4.78, 5) is 21.0. The van der Waals surface area contributed by atoms with E-state index in [0.717, 1.165) is 20.4 Å². The van der Waals surface area contributed by atoms with E-state index >= 15 is 0 Å². The summed E-state index contributed by atoms with van der Waals surface area (Å²) in [6.45, 7) is 0. The van der Waals surface area contributed by atoms with Gasteiger partial charge in [0, 0.05) is 23.3 Å². The van der Waals surface area contributed by atoms with Gasteiger partial charge in [0.25, 0.3) is 11.6 Å². The molecule has 2 aromatic rings. The molecule has 0 saturated heterocycles. The van der Waals surface area contributed by atoms with Gasteiger partial charge >= 0.3 is 36.1 Å². The third kappa shape index (κ3) is 10.8. The van der Waals surface area contributed by atoms with Crippen LogP contribution >= 0.6 is 0 Å². The van der Waals surface area contributed by atoms with Crippen LogP contribution in [0.2, 0.25) is 0 Å². The normalized spacial score (nSPS) is 11.9. The van der Waals surface area contributed by atoms with E-state index in [1.165, 1.54) is 48.5 Å². The van der Waals surface area contributed by atoms with Crippen molar-refractivity contribution >= 4 is 23.1 Å². The predicted molar refractivity (Wildman–Crippen MR) is 96.9 cm³/mol. The zero-order chi connectivity index (χ0) is 24.9. The molecule has 0 aliphatic rings. The van der Waals surface area contributed by atoms with E-state index in [-0.39, 0.29) is 23.3 Å². The van der Waals surface area contributed by atoms with E-state index in [1.807, 2.05) is 0 Å². The minimum atomic E-state index is -4.96. The van der Waals surface area contributed by atoms with Crippen molar-refractivity contribution < 1.29 is 69.9 Å². The van der Waals surface area contributed by atoms with Gasteiger partial charge in [0.1, 0.15) is 11.5 Å². The Morgan fingerprint density at radius 3 is 1.09 bits per heavy atom. The topological polar surface area (TPSA) is 91.7 Å². The molecule has 5 nitrogen and oxygen atoms in total. The van der Waals surface area contributed by atoms with Crippen LogP contribution in [0.1, 0.15) is 11.1 Å². The zero-order valence-electron chi connectivity index (χ0n) is 15.8. The zero-order valence-corrected chi connectivity index (χ0v) is 17.4. The van der Waals surface area contributed by atoms with Crippen LogP contribution in [-0.4, -0.2) is 34.1 Å². The minimum absolute atomic E-state index is 0.162. The molecule has 0 bridgehead atoms. The summed E-state index contributed by atoms with van der Waals surface area (Å²) < 4.78 is 79.2. The second-order valence-corrected chi connectivity index (χ2v) is 5.52. The number of carbonyl (C=O) groups is 2. The molecule has 0 saturated carbocycles. The molecule has 170 valence electrons. The van der Waals surface area contributed by atoms with E-state index in [0.29, 0.717) is 0 Å². The number of rotatable bonds is 4. The summed E-state index contributed by atoms with van der Waals surface area (Å²) in [6.07, 6.45) is -9.59. The van der Waals surface area contributed by atoms with Gasteiger partial charge in [-0.15, -0.1) is 0 Å². The van der Waals surface area contributed by atoms with Crippen molar-refractivity contribution in [3.63, 3.8) is 0 Å². The van der Waals surface area contributed by atoms with Crippen LogP contribution in [0.25, 0.3) is 11.5 Å². The number of halogens is 6. The monoisotopic (exact) mass is 496 g/mol. The number of hydrogen-bond acceptors (Lipinski definition) is 5. The first-order valence-corrected chi connectivity index (χ1v) is 8.81. The molecule has 0 aliphatic heterocycles. The molecule has 0 radical (unpaired) electrons. The molecule has 0 aliphatic carbocycles. The molecule has 0 heterocycles. The Balaban J connectivity index is 0.000000557. The predicted octanol–water partition coefficient (Wildman–Crippen LogP) is 5.31. The van der Waals surface area contributed by atoms with Crippen molar-refractivity contribution in [1.82, 2.24) is 0 Å². The van der Waals surface area contributed by atoms with Crippen molar-refractivity contribution in [2.24, 2.45) is 0 Å². The van der Waals surface area contributed by atoms with E-state index < -0.39 is 35.4 Å². The van der Waals surface area contributed by atoms with Gasteiger partial charge in [0.05, 0.1) is 0 Å². The molecule has 0 fully saturated rings. The van der Waals surface area contributed by atoms with Gasteiger partial charge in [-0.3, -0.25) is 9.59 Å². The molecule has 0 atom stereocenters. The number of carbonyl (C=O) groups excluding carboxylic acids is 2. The van der Waals surface area contributed by atoms with Crippen molar-refractivity contribution in [2.75, 3.05) is 0 Å². The van der Waals surface area contributed by atoms with Gasteiger partial charge < -0.3 is 10.2 Å². The Morgan fingerprint density at radius 1 is 0.625 bits per heavy atom. The van der Waals surface area contributed by atoms with E-state index in [2.05, 4.69) is 0 Å². The molecule has 0 amide bonds. The molecular weight excluding hydrogens is 482 g/mol. The van der Waals surface area contributed by atoms with Crippen LogP contribution in [0.3, 0.4) is 0 Å². The van der Waals surface area contributed by atoms with E-state index in [9.17, 15) is 46.1 Å². The fraction of sp³-hybridized carbons (Fsp3) is 0.100. The molecule has 2 rings (SSSR count). The average Bonchev–Trinajstić information content (AvgIpc) is 2.75. The summed E-state index contributed by atoms with van der Waals surface area (Å²) in [5, 5.41) is 18.4. The average molecular weight is 496 g/mol. The first kappa shape index (κ1) is 29.0. The Hall–Kier alpha value is -3.05. The summed E-state index contributed by atoms with van der Waals surface area (Å²) in [6, 6.07) is 15.0. The van der Waals surface area contributed by atoms with Gasteiger partial charge in [-0.2, -0.15) is 26.3 Å². The molecule has 0 spiro atoms. The summed E-state index contributed by atoms with van der Waals surface area (Å²) in [5.41, 5.74) is 0.324. The molecular formula is C20H14F6O5Ti. The molecule has 2 aromatic carbocycles. The summed E-state index contributed by atoms with van der Waals surface area (Å²) >= 11 is 0.750. The van der Waals surface area contributed by atoms with E-state index in [4.69, 9.17) is 3.32 Å². The fourth-order valence-electron chi connectivity index (χ4n) is 1.80. The van der Waals surface area contributed by atoms with Gasteiger partial charge in [-0.25, -0.2) is 0 Å². The number of aliphatic hydroxyl groups excluding tert-OH is 2. The molecule has 0 aromatic heterocycles. The summed E-state index contributed by atoms with van der Waals surface area (Å²) in [7, 11) is 0.